The van der Waals surface area contributed by atoms with Crippen LogP contribution >= 0.6 is 0 Å². The van der Waals surface area contributed by atoms with E-state index in [9.17, 15) is 8.42 Å². The van der Waals surface area contributed by atoms with Crippen LogP contribution in [0.2, 0.25) is 0 Å². The molecular formula is C13H23N3O3S. The van der Waals surface area contributed by atoms with Gasteiger partial charge in [0.05, 0.1) is 0 Å². The van der Waals surface area contributed by atoms with E-state index in [0.29, 0.717) is 30.5 Å². The van der Waals surface area contributed by atoms with Crippen LogP contribution in [-0.2, 0) is 10.0 Å². The minimum Gasteiger partial charge on any atom is -0.360 e. The third-order valence-electron chi connectivity index (χ3n) is 3.84. The summed E-state index contributed by atoms with van der Waals surface area (Å²) in [6.45, 7) is 8.16. The first kappa shape index (κ1) is 15.5. The maximum Gasteiger partial charge on any atom is 0.248 e. The van der Waals surface area contributed by atoms with Crippen molar-refractivity contribution in [3.63, 3.8) is 0 Å². The van der Waals surface area contributed by atoms with E-state index >= 15 is 0 Å². The van der Waals surface area contributed by atoms with Gasteiger partial charge in [-0.25, -0.2) is 8.42 Å². The molecular weight excluding hydrogens is 278 g/mol. The third kappa shape index (κ3) is 3.05. The molecule has 0 spiro atoms. The fraction of sp³-hybridized carbons (Fsp3) is 0.769. The fourth-order valence-corrected chi connectivity index (χ4v) is 4.54. The molecule has 0 unspecified atom stereocenters. The highest BCUT2D eigenvalue weighted by atomic mass is 32.2. The zero-order chi connectivity index (χ0) is 14.8. The average molecular weight is 301 g/mol. The highest BCUT2D eigenvalue weighted by Gasteiger charge is 2.31. The number of rotatable bonds is 5. The molecule has 1 aromatic rings. The fourth-order valence-electron chi connectivity index (χ4n) is 2.72. The third-order valence-corrected chi connectivity index (χ3v) is 6.02. The van der Waals surface area contributed by atoms with E-state index in [1.807, 2.05) is 6.92 Å². The lowest BCUT2D eigenvalue weighted by atomic mass is 9.98. The predicted octanol–water partition coefficient (Wildman–Crippen LogP) is 1.30. The highest BCUT2D eigenvalue weighted by molar-refractivity contribution is 7.89. The van der Waals surface area contributed by atoms with Gasteiger partial charge in [-0.05, 0) is 45.7 Å². The summed E-state index contributed by atoms with van der Waals surface area (Å²) in [7, 11) is -3.51. The summed E-state index contributed by atoms with van der Waals surface area (Å²) in [5, 5.41) is 7.05. The van der Waals surface area contributed by atoms with Crippen LogP contribution in [0, 0.1) is 19.8 Å². The van der Waals surface area contributed by atoms with E-state index < -0.39 is 10.0 Å². The standard InChI is InChI=1S/C13H23N3O3S/c1-4-16(9-12-5-7-14-8-6-12)20(17,18)13-10(2)15-19-11(13)3/h12,14H,4-9H2,1-3H3. The second-order valence-corrected chi connectivity index (χ2v) is 7.18. The van der Waals surface area contributed by atoms with Crippen LogP contribution < -0.4 is 5.32 Å². The van der Waals surface area contributed by atoms with Gasteiger partial charge in [0.2, 0.25) is 10.0 Å². The second-order valence-electron chi connectivity index (χ2n) is 5.30. The van der Waals surface area contributed by atoms with Crippen LogP contribution in [0.4, 0.5) is 0 Å². The minimum absolute atomic E-state index is 0.230. The van der Waals surface area contributed by atoms with Gasteiger partial charge >= 0.3 is 0 Å². The van der Waals surface area contributed by atoms with Crippen LogP contribution in [0.5, 0.6) is 0 Å². The van der Waals surface area contributed by atoms with Gasteiger partial charge < -0.3 is 9.84 Å². The van der Waals surface area contributed by atoms with Gasteiger partial charge in [0.25, 0.3) is 0 Å². The Kier molecular flexibility index (Phi) is 4.82. The van der Waals surface area contributed by atoms with Crippen LogP contribution in [0.15, 0.2) is 9.42 Å². The Morgan fingerprint density at radius 3 is 2.50 bits per heavy atom. The maximum absolute atomic E-state index is 12.8. The molecule has 0 aliphatic carbocycles. The molecule has 114 valence electrons. The predicted molar refractivity (Wildman–Crippen MR) is 76.0 cm³/mol. The molecule has 0 atom stereocenters. The van der Waals surface area contributed by atoms with Crippen molar-refractivity contribution in [2.75, 3.05) is 26.2 Å². The zero-order valence-electron chi connectivity index (χ0n) is 12.3. The van der Waals surface area contributed by atoms with Crippen molar-refractivity contribution >= 4 is 10.0 Å². The summed E-state index contributed by atoms with van der Waals surface area (Å²) >= 11 is 0. The highest BCUT2D eigenvalue weighted by Crippen LogP contribution is 2.25. The molecule has 6 nitrogen and oxygen atoms in total. The van der Waals surface area contributed by atoms with Crippen molar-refractivity contribution in [2.45, 2.75) is 38.5 Å². The molecule has 0 bridgehead atoms. The van der Waals surface area contributed by atoms with Crippen molar-refractivity contribution in [1.82, 2.24) is 14.8 Å². The molecule has 0 saturated carbocycles. The van der Waals surface area contributed by atoms with Gasteiger partial charge in [-0.2, -0.15) is 4.31 Å². The molecule has 1 saturated heterocycles. The monoisotopic (exact) mass is 301 g/mol. The smallest absolute Gasteiger partial charge is 0.248 e. The molecule has 1 fully saturated rings. The summed E-state index contributed by atoms with van der Waals surface area (Å²) in [5.74, 6) is 0.790. The van der Waals surface area contributed by atoms with E-state index in [0.717, 1.165) is 25.9 Å². The molecule has 0 radical (unpaired) electrons. The summed E-state index contributed by atoms with van der Waals surface area (Å²) in [6, 6.07) is 0. The Labute approximate surface area is 120 Å². The molecule has 20 heavy (non-hydrogen) atoms. The molecule has 2 rings (SSSR count). The quantitative estimate of drug-likeness (QED) is 0.887. The number of aryl methyl sites for hydroxylation is 2. The number of aromatic nitrogens is 1. The zero-order valence-corrected chi connectivity index (χ0v) is 13.2. The summed E-state index contributed by atoms with van der Waals surface area (Å²) in [4.78, 5) is 0.230. The first-order chi connectivity index (χ1) is 9.46. The van der Waals surface area contributed by atoms with Crippen LogP contribution in [0.1, 0.15) is 31.2 Å². The Morgan fingerprint density at radius 1 is 1.35 bits per heavy atom. The van der Waals surface area contributed by atoms with E-state index in [1.165, 1.54) is 0 Å². The molecule has 2 heterocycles. The largest absolute Gasteiger partial charge is 0.360 e. The molecule has 1 aliphatic rings. The van der Waals surface area contributed by atoms with Crippen LogP contribution in [-0.4, -0.2) is 44.1 Å². The van der Waals surface area contributed by atoms with Crippen molar-refractivity contribution in [3.8, 4) is 0 Å². The van der Waals surface area contributed by atoms with Gasteiger partial charge in [-0.1, -0.05) is 12.1 Å². The van der Waals surface area contributed by atoms with Crippen molar-refractivity contribution in [1.29, 1.82) is 0 Å². The van der Waals surface area contributed by atoms with E-state index in [1.54, 1.807) is 18.2 Å². The first-order valence-corrected chi connectivity index (χ1v) is 8.54. The Bertz CT molecular complexity index is 528. The van der Waals surface area contributed by atoms with Gasteiger partial charge in [0.1, 0.15) is 10.6 Å². The van der Waals surface area contributed by atoms with Crippen LogP contribution in [0.25, 0.3) is 0 Å². The number of nitrogens with one attached hydrogen (secondary N) is 1. The Balaban J connectivity index is 2.21. The van der Waals surface area contributed by atoms with Gasteiger partial charge in [0, 0.05) is 13.1 Å². The second kappa shape index (κ2) is 6.24. The Morgan fingerprint density at radius 2 is 2.00 bits per heavy atom. The lowest BCUT2D eigenvalue weighted by molar-refractivity contribution is 0.294. The molecule has 0 amide bonds. The van der Waals surface area contributed by atoms with E-state index in [4.69, 9.17) is 4.52 Å². The molecule has 1 aromatic heterocycles. The van der Waals surface area contributed by atoms with Crippen molar-refractivity contribution in [2.24, 2.45) is 5.92 Å². The summed E-state index contributed by atoms with van der Waals surface area (Å²) in [6.07, 6.45) is 2.04. The number of hydrogen-bond acceptors (Lipinski definition) is 5. The average Bonchev–Trinajstić information content (AvgIpc) is 2.77. The Hall–Kier alpha value is -0.920. The van der Waals surface area contributed by atoms with Crippen molar-refractivity contribution < 1.29 is 12.9 Å². The van der Waals surface area contributed by atoms with Gasteiger partial charge in [0.15, 0.2) is 5.76 Å². The molecule has 7 heteroatoms. The minimum atomic E-state index is -3.51. The topological polar surface area (TPSA) is 75.4 Å². The maximum atomic E-state index is 12.8. The summed E-state index contributed by atoms with van der Waals surface area (Å²) < 4.78 is 32.1. The van der Waals surface area contributed by atoms with E-state index in [2.05, 4.69) is 10.5 Å². The number of piperidine rings is 1. The molecule has 1 aliphatic heterocycles. The number of nitrogens with zero attached hydrogens (tertiary/aromatic N) is 2. The van der Waals surface area contributed by atoms with Crippen LogP contribution in [0.3, 0.4) is 0 Å². The van der Waals surface area contributed by atoms with Gasteiger partial charge in [-0.3, -0.25) is 0 Å². The lowest BCUT2D eigenvalue weighted by Crippen LogP contribution is -2.39. The molecule has 1 N–H and O–H groups in total. The molecule has 0 aromatic carbocycles. The number of hydrogen-bond donors (Lipinski definition) is 1. The van der Waals surface area contributed by atoms with E-state index in [-0.39, 0.29) is 4.90 Å². The normalized spacial score (nSPS) is 17.8. The summed E-state index contributed by atoms with van der Waals surface area (Å²) in [5.41, 5.74) is 0.436. The van der Waals surface area contributed by atoms with Gasteiger partial charge in [-0.15, -0.1) is 0 Å². The number of sulfonamides is 1. The first-order valence-electron chi connectivity index (χ1n) is 7.10. The SMILES string of the molecule is CCN(CC1CCNCC1)S(=O)(=O)c1c(C)noc1C. The lowest BCUT2D eigenvalue weighted by Gasteiger charge is -2.28. The van der Waals surface area contributed by atoms with Crippen molar-refractivity contribution in [3.05, 3.63) is 11.5 Å².